The van der Waals surface area contributed by atoms with Gasteiger partial charge in [0.25, 0.3) is 0 Å². The van der Waals surface area contributed by atoms with Crippen molar-refractivity contribution in [2.75, 3.05) is 0 Å². The smallest absolute Gasteiger partial charge is 0.370 e. The zero-order chi connectivity index (χ0) is 8.08. The second-order valence-corrected chi connectivity index (χ2v) is 1.87. The molecule has 0 amide bonds. The summed E-state index contributed by atoms with van der Waals surface area (Å²) >= 11 is 0. The normalized spacial score (nSPS) is 9.22. The molecule has 9 heavy (non-hydrogen) atoms. The number of rotatable bonds is 0. The lowest BCUT2D eigenvalue weighted by atomic mass is 11.1. The van der Waals surface area contributed by atoms with Crippen LogP contribution >= 0.6 is 7.91 Å². The van der Waals surface area contributed by atoms with E-state index in [-0.39, 0.29) is 5.96 Å². The molecule has 6 nitrogen and oxygen atoms in total. The third kappa shape index (κ3) is 498. The van der Waals surface area contributed by atoms with Crippen molar-refractivity contribution in [3.8, 4) is 0 Å². The average molecular weight is 159 g/mol. The Morgan fingerprint density at radius 2 is 1.56 bits per heavy atom. The fourth-order valence-corrected chi connectivity index (χ4v) is 0. The quantitative estimate of drug-likeness (QED) is 0.173. The van der Waals surface area contributed by atoms with Crippen LogP contribution in [-0.4, -0.2) is 15.7 Å². The number of hydrogen-bond acceptors (Lipinski definition) is 2. The number of nitrogens with two attached hydrogens (primary N) is 2. The lowest BCUT2D eigenvalue weighted by Crippen LogP contribution is -2.20. The summed E-state index contributed by atoms with van der Waals surface area (Å²) in [7, 11) is -5.14. The molecule has 56 valence electrons. The molecule has 0 heterocycles. The van der Waals surface area contributed by atoms with Crippen molar-refractivity contribution < 1.29 is 18.5 Å². The van der Waals surface area contributed by atoms with E-state index in [1.165, 1.54) is 0 Å². The number of nitrogens with one attached hydrogen (secondary N) is 1. The van der Waals surface area contributed by atoms with Gasteiger partial charge in [0.2, 0.25) is 0 Å². The van der Waals surface area contributed by atoms with Gasteiger partial charge < -0.3 is 11.5 Å². The number of halogens is 1. The summed E-state index contributed by atoms with van der Waals surface area (Å²) in [6, 6.07) is 0. The predicted molar refractivity (Wildman–Crippen MR) is 29.3 cm³/mol. The van der Waals surface area contributed by atoms with Crippen molar-refractivity contribution in [1.29, 1.82) is 5.41 Å². The summed E-state index contributed by atoms with van der Waals surface area (Å²) in [5, 5.41) is 6.06. The van der Waals surface area contributed by atoms with Crippen molar-refractivity contribution in [3.05, 3.63) is 0 Å². The second kappa shape index (κ2) is 4.25. The van der Waals surface area contributed by atoms with Gasteiger partial charge in [-0.1, -0.05) is 0 Å². The van der Waals surface area contributed by atoms with Gasteiger partial charge in [-0.25, -0.2) is 4.57 Å². The molecule has 0 aromatic rings. The first-order valence-corrected chi connectivity index (χ1v) is 3.08. The van der Waals surface area contributed by atoms with Gasteiger partial charge in [-0.05, 0) is 0 Å². The Balaban J connectivity index is 0. The summed E-state index contributed by atoms with van der Waals surface area (Å²) in [4.78, 5) is 13.9. The highest BCUT2D eigenvalue weighted by Crippen LogP contribution is 2.34. The van der Waals surface area contributed by atoms with Gasteiger partial charge in [0, 0.05) is 0 Å². The van der Waals surface area contributed by atoms with Gasteiger partial charge in [0.1, 0.15) is 0 Å². The molecule has 0 unspecified atom stereocenters. The molecule has 0 atom stereocenters. The van der Waals surface area contributed by atoms with Gasteiger partial charge in [-0.2, -0.15) is 0 Å². The minimum absolute atomic E-state index is 0.333. The first-order valence-electron chi connectivity index (χ1n) is 1.58. The monoisotopic (exact) mass is 159 g/mol. The maximum Gasteiger partial charge on any atom is 0.507 e. The van der Waals surface area contributed by atoms with Crippen LogP contribution in [0.5, 0.6) is 0 Å². The molecule has 0 aromatic carbocycles. The molecule has 0 rings (SSSR count). The fraction of sp³-hybridized carbons (Fsp3) is 0. The molecule has 0 aliphatic carbocycles. The van der Waals surface area contributed by atoms with Crippen LogP contribution < -0.4 is 11.5 Å². The van der Waals surface area contributed by atoms with Crippen molar-refractivity contribution in [3.63, 3.8) is 0 Å². The Hall–Kier alpha value is -0.650. The third-order valence-electron chi connectivity index (χ3n) is 0. The molecule has 8 heteroatoms. The zero-order valence-corrected chi connectivity index (χ0v) is 5.18. The SMILES string of the molecule is N=C(N)N.O=P(O)(O)F. The summed E-state index contributed by atoms with van der Waals surface area (Å²) in [5.74, 6) is -0.333. The van der Waals surface area contributed by atoms with Crippen molar-refractivity contribution in [2.45, 2.75) is 0 Å². The Morgan fingerprint density at radius 1 is 1.56 bits per heavy atom. The molecule has 0 saturated carbocycles. The van der Waals surface area contributed by atoms with E-state index < -0.39 is 7.91 Å². The highest BCUT2D eigenvalue weighted by Gasteiger charge is 2.04. The number of guanidine groups is 1. The van der Waals surface area contributed by atoms with Gasteiger partial charge >= 0.3 is 7.91 Å². The Kier molecular flexibility index (Phi) is 5.28. The maximum absolute atomic E-state index is 10.4. The molecule has 7 N–H and O–H groups in total. The first kappa shape index (κ1) is 11.2. The second-order valence-electron chi connectivity index (χ2n) is 0.928. The van der Waals surface area contributed by atoms with Gasteiger partial charge in [0.15, 0.2) is 5.96 Å². The van der Waals surface area contributed by atoms with Crippen LogP contribution in [0.15, 0.2) is 0 Å². The van der Waals surface area contributed by atoms with E-state index in [1.54, 1.807) is 0 Å². The highest BCUT2D eigenvalue weighted by molar-refractivity contribution is 7.45. The fourth-order valence-electron chi connectivity index (χ4n) is 0. The molecule has 0 aliphatic rings. The number of hydrogen-bond donors (Lipinski definition) is 5. The average Bonchev–Trinajstić information content (AvgIpc) is 1.19. The summed E-state index contributed by atoms with van der Waals surface area (Å²) in [5.41, 5.74) is 8.94. The Bertz CT molecular complexity index is 119. The molecule has 0 aliphatic heterocycles. The highest BCUT2D eigenvalue weighted by atomic mass is 31.2. The minimum atomic E-state index is -5.14. The molecule has 0 spiro atoms. The van der Waals surface area contributed by atoms with Crippen molar-refractivity contribution in [2.24, 2.45) is 11.5 Å². The summed E-state index contributed by atoms with van der Waals surface area (Å²) in [6.07, 6.45) is 0. The molecule has 0 bridgehead atoms. The maximum atomic E-state index is 10.4. The predicted octanol–water partition coefficient (Wildman–Crippen LogP) is -1.11. The van der Waals surface area contributed by atoms with E-state index in [4.69, 9.17) is 19.8 Å². The molecule has 0 saturated heterocycles. The Morgan fingerprint density at radius 3 is 1.56 bits per heavy atom. The summed E-state index contributed by atoms with van der Waals surface area (Å²) in [6.45, 7) is 0. The summed E-state index contributed by atoms with van der Waals surface area (Å²) < 4.78 is 19.0. The van der Waals surface area contributed by atoms with Gasteiger partial charge in [0.05, 0.1) is 0 Å². The molecule has 0 aromatic heterocycles. The lowest BCUT2D eigenvalue weighted by molar-refractivity contribution is 0.322. The van der Waals surface area contributed by atoms with Crippen LogP contribution in [0.25, 0.3) is 0 Å². The van der Waals surface area contributed by atoms with E-state index in [9.17, 15) is 4.20 Å². The van der Waals surface area contributed by atoms with Crippen LogP contribution in [0.2, 0.25) is 0 Å². The van der Waals surface area contributed by atoms with E-state index in [0.717, 1.165) is 0 Å². The largest absolute Gasteiger partial charge is 0.507 e. The molecular weight excluding hydrogens is 152 g/mol. The Labute approximate surface area is 50.4 Å². The van der Waals surface area contributed by atoms with Crippen molar-refractivity contribution in [1.82, 2.24) is 0 Å². The lowest BCUT2D eigenvalue weighted by Gasteiger charge is -1.77. The van der Waals surface area contributed by atoms with E-state index in [2.05, 4.69) is 11.5 Å². The van der Waals surface area contributed by atoms with Crippen LogP contribution in [0.3, 0.4) is 0 Å². The van der Waals surface area contributed by atoms with Crippen LogP contribution in [0.4, 0.5) is 4.20 Å². The van der Waals surface area contributed by atoms with Crippen molar-refractivity contribution >= 4 is 13.9 Å². The van der Waals surface area contributed by atoms with E-state index in [1.807, 2.05) is 0 Å². The minimum Gasteiger partial charge on any atom is -0.370 e. The van der Waals surface area contributed by atoms with E-state index >= 15 is 0 Å². The zero-order valence-electron chi connectivity index (χ0n) is 4.28. The molecular formula is CH7FN3O3P. The first-order chi connectivity index (χ1) is 3.73. The third-order valence-corrected chi connectivity index (χ3v) is 0. The van der Waals surface area contributed by atoms with Crippen LogP contribution in [-0.2, 0) is 4.57 Å². The van der Waals surface area contributed by atoms with Gasteiger partial charge in [-0.3, -0.25) is 15.2 Å². The van der Waals surface area contributed by atoms with Crippen LogP contribution in [0.1, 0.15) is 0 Å². The topological polar surface area (TPSA) is 133 Å². The van der Waals surface area contributed by atoms with Gasteiger partial charge in [-0.15, -0.1) is 4.20 Å². The van der Waals surface area contributed by atoms with E-state index in [0.29, 0.717) is 0 Å². The molecule has 0 radical (unpaired) electrons. The standard InChI is InChI=1S/CH5N3.FH2O3P/c2-1(3)4;1-5(2,3)4/h(H5,2,3,4);(H2,2,3,4). The van der Waals surface area contributed by atoms with Crippen LogP contribution in [0, 0.1) is 5.41 Å². The molecule has 0 fully saturated rings.